The Hall–Kier alpha value is -3.43. The summed E-state index contributed by atoms with van der Waals surface area (Å²) in [4.78, 5) is 15.6. The van der Waals surface area contributed by atoms with Crippen LogP contribution >= 0.6 is 0 Å². The van der Waals surface area contributed by atoms with Crippen LogP contribution in [0.2, 0.25) is 0 Å². The van der Waals surface area contributed by atoms with Crippen molar-refractivity contribution < 1.29 is 19.4 Å². The largest absolute Gasteiger partial charge is 0.392 e. The highest BCUT2D eigenvalue weighted by atomic mass is 16.6. The molecular weight excluding hydrogens is 480 g/mol. The number of hydrogen-bond acceptors (Lipinski definition) is 5. The Labute approximate surface area is 219 Å². The van der Waals surface area contributed by atoms with Gasteiger partial charge in [0.15, 0.2) is 6.23 Å². The molecule has 38 heavy (non-hydrogen) atoms. The molecule has 5 aromatic rings. The molecule has 8 heteroatoms. The van der Waals surface area contributed by atoms with Crippen LogP contribution < -0.4 is 5.32 Å². The number of hydrogen-bond donors (Lipinski definition) is 2. The Morgan fingerprint density at radius 1 is 1.08 bits per heavy atom. The van der Waals surface area contributed by atoms with E-state index in [0.717, 1.165) is 54.7 Å². The van der Waals surface area contributed by atoms with E-state index in [4.69, 9.17) is 9.47 Å². The molecule has 5 unspecified atom stereocenters. The summed E-state index contributed by atoms with van der Waals surface area (Å²) in [7, 11) is 3.81. The molecule has 1 saturated heterocycles. The number of ether oxygens (including phenoxy) is 2. The molecule has 0 spiro atoms. The SMILES string of the molecule is COC1C(N(C)CC(C)O)CC2OC1n1c3ccccc3c3c4c(c5c6ccccc6n2c5c31)C(=O)NC4. The normalized spacial score (nSPS) is 25.1. The molecule has 5 heterocycles. The molecule has 2 N–H and O–H groups in total. The maximum atomic E-state index is 13.4. The van der Waals surface area contributed by atoms with Crippen LogP contribution in [0.5, 0.6) is 0 Å². The molecule has 0 radical (unpaired) electrons. The first-order chi connectivity index (χ1) is 18.5. The van der Waals surface area contributed by atoms with E-state index in [2.05, 4.69) is 68.9 Å². The Morgan fingerprint density at radius 3 is 2.45 bits per heavy atom. The predicted octanol–water partition coefficient (Wildman–Crippen LogP) is 4.27. The number of aromatic nitrogens is 2. The Morgan fingerprint density at radius 2 is 1.74 bits per heavy atom. The van der Waals surface area contributed by atoms with Crippen LogP contribution in [0.3, 0.4) is 0 Å². The first-order valence-corrected chi connectivity index (χ1v) is 13.3. The summed E-state index contributed by atoms with van der Waals surface area (Å²) in [6, 6.07) is 16.8. The molecule has 3 aliphatic rings. The zero-order valence-electron chi connectivity index (χ0n) is 21.6. The Balaban J connectivity index is 1.57. The molecule has 194 valence electrons. The van der Waals surface area contributed by atoms with Crippen LogP contribution in [-0.2, 0) is 16.0 Å². The second-order valence-corrected chi connectivity index (χ2v) is 11.0. The monoisotopic (exact) mass is 510 g/mol. The number of fused-ring (bicyclic) bond motifs is 13. The van der Waals surface area contributed by atoms with Crippen LogP contribution in [0.1, 0.15) is 41.7 Å². The molecule has 0 aliphatic carbocycles. The fourth-order valence-electron chi connectivity index (χ4n) is 7.53. The van der Waals surface area contributed by atoms with Crippen molar-refractivity contribution in [3.63, 3.8) is 0 Å². The van der Waals surface area contributed by atoms with Crippen LogP contribution in [0.25, 0.3) is 43.6 Å². The third-order valence-electron chi connectivity index (χ3n) is 8.88. The third-order valence-corrected chi connectivity index (χ3v) is 8.88. The van der Waals surface area contributed by atoms with Crippen molar-refractivity contribution in [2.75, 3.05) is 20.7 Å². The van der Waals surface area contributed by atoms with Gasteiger partial charge in [0.2, 0.25) is 0 Å². The maximum absolute atomic E-state index is 13.4. The number of likely N-dealkylation sites (N-methyl/N-ethyl adjacent to an activating group) is 1. The lowest BCUT2D eigenvalue weighted by Gasteiger charge is -2.45. The van der Waals surface area contributed by atoms with E-state index in [9.17, 15) is 9.90 Å². The molecule has 8 rings (SSSR count). The number of para-hydroxylation sites is 2. The van der Waals surface area contributed by atoms with Gasteiger partial charge in [-0.15, -0.1) is 0 Å². The van der Waals surface area contributed by atoms with Gasteiger partial charge in [0.1, 0.15) is 12.3 Å². The summed E-state index contributed by atoms with van der Waals surface area (Å²) in [5, 5.41) is 17.7. The van der Waals surface area contributed by atoms with E-state index in [-0.39, 0.29) is 30.5 Å². The fraction of sp³-hybridized carbons (Fsp3) is 0.367. The topological polar surface area (TPSA) is 80.9 Å². The van der Waals surface area contributed by atoms with Gasteiger partial charge in [0.25, 0.3) is 5.91 Å². The number of carbonyl (C=O) groups is 1. The summed E-state index contributed by atoms with van der Waals surface area (Å²) in [6.07, 6.45) is -0.668. The van der Waals surface area contributed by atoms with E-state index in [1.54, 1.807) is 7.11 Å². The average Bonchev–Trinajstić information content (AvgIpc) is 3.54. The lowest BCUT2D eigenvalue weighted by molar-refractivity contribution is -0.208. The minimum absolute atomic E-state index is 0.00947. The minimum Gasteiger partial charge on any atom is -0.392 e. The Bertz CT molecular complexity index is 1800. The summed E-state index contributed by atoms with van der Waals surface area (Å²) >= 11 is 0. The molecule has 8 nitrogen and oxygen atoms in total. The number of amides is 1. The first-order valence-electron chi connectivity index (χ1n) is 13.3. The number of aliphatic hydroxyl groups is 1. The van der Waals surface area contributed by atoms with Gasteiger partial charge in [-0.25, -0.2) is 0 Å². The molecule has 2 aromatic heterocycles. The number of nitrogens with zero attached hydrogens (tertiary/aromatic N) is 3. The number of carbonyl (C=O) groups excluding carboxylic acids is 1. The van der Waals surface area contributed by atoms with Crippen molar-refractivity contribution in [3.8, 4) is 0 Å². The van der Waals surface area contributed by atoms with E-state index < -0.39 is 6.10 Å². The van der Waals surface area contributed by atoms with E-state index in [0.29, 0.717) is 19.5 Å². The summed E-state index contributed by atoms with van der Waals surface area (Å²) in [5.74, 6) is -0.0147. The number of nitrogens with one attached hydrogen (secondary N) is 1. The van der Waals surface area contributed by atoms with Gasteiger partial charge in [-0.3, -0.25) is 9.69 Å². The van der Waals surface area contributed by atoms with Crippen LogP contribution in [0, 0.1) is 0 Å². The summed E-state index contributed by atoms with van der Waals surface area (Å²) in [5.41, 5.74) is 6.12. The van der Waals surface area contributed by atoms with Gasteiger partial charge in [-0.2, -0.15) is 0 Å². The number of methoxy groups -OCH3 is 1. The van der Waals surface area contributed by atoms with E-state index in [1.807, 2.05) is 13.0 Å². The summed E-state index contributed by atoms with van der Waals surface area (Å²) < 4.78 is 17.9. The van der Waals surface area contributed by atoms with Crippen LogP contribution in [-0.4, -0.2) is 64.0 Å². The molecule has 0 saturated carbocycles. The molecular formula is C30H30N4O4. The second kappa shape index (κ2) is 7.80. The zero-order valence-corrected chi connectivity index (χ0v) is 21.6. The number of aliphatic hydroxyl groups excluding tert-OH is 1. The maximum Gasteiger partial charge on any atom is 0.252 e. The predicted molar refractivity (Wildman–Crippen MR) is 146 cm³/mol. The van der Waals surface area contributed by atoms with Gasteiger partial charge in [-0.1, -0.05) is 36.4 Å². The molecule has 3 aromatic carbocycles. The van der Waals surface area contributed by atoms with Crippen molar-refractivity contribution in [3.05, 3.63) is 59.7 Å². The van der Waals surface area contributed by atoms with Gasteiger partial charge >= 0.3 is 0 Å². The lowest BCUT2D eigenvalue weighted by Crippen LogP contribution is -2.53. The highest BCUT2D eigenvalue weighted by molar-refractivity contribution is 6.30. The molecule has 5 atom stereocenters. The van der Waals surface area contributed by atoms with Gasteiger partial charge in [0.05, 0.1) is 33.7 Å². The molecule has 1 amide bonds. The van der Waals surface area contributed by atoms with Crippen molar-refractivity contribution in [1.29, 1.82) is 0 Å². The van der Waals surface area contributed by atoms with Crippen molar-refractivity contribution in [1.82, 2.24) is 19.4 Å². The van der Waals surface area contributed by atoms with Gasteiger partial charge in [0, 0.05) is 54.2 Å². The molecule has 3 aliphatic heterocycles. The number of rotatable bonds is 4. The molecule has 2 bridgehead atoms. The van der Waals surface area contributed by atoms with Crippen LogP contribution in [0.15, 0.2) is 48.5 Å². The van der Waals surface area contributed by atoms with Gasteiger partial charge in [-0.05, 0) is 31.7 Å². The van der Waals surface area contributed by atoms with Crippen LogP contribution in [0.4, 0.5) is 0 Å². The Kier molecular flexibility index (Phi) is 4.63. The minimum atomic E-state index is -0.459. The standard InChI is InChI=1S/C30H30N4O4/c1-15(35)14-32(2)21-12-22-33-19-10-6-5-9-17(19)24-25-18(13-31-29(25)36)23-16-8-4-7-11-20(16)34(26(23)27(24)33)30(38-22)28(21)37-3/h4-11,15,21-22,28,30,35H,12-14H2,1-3H3,(H,31,36). The van der Waals surface area contributed by atoms with Crippen molar-refractivity contribution in [2.45, 2.75) is 50.6 Å². The zero-order chi connectivity index (χ0) is 25.9. The quantitative estimate of drug-likeness (QED) is 0.377. The second-order valence-electron chi connectivity index (χ2n) is 11.0. The fourth-order valence-corrected chi connectivity index (χ4v) is 7.53. The third kappa shape index (κ3) is 2.70. The highest BCUT2D eigenvalue weighted by Crippen LogP contribution is 2.52. The van der Waals surface area contributed by atoms with Gasteiger partial charge < -0.3 is 29.0 Å². The summed E-state index contributed by atoms with van der Waals surface area (Å²) in [6.45, 7) is 2.87. The lowest BCUT2D eigenvalue weighted by atomic mass is 9.97. The van der Waals surface area contributed by atoms with Crippen molar-refractivity contribution in [2.24, 2.45) is 0 Å². The highest BCUT2D eigenvalue weighted by Gasteiger charge is 2.47. The van der Waals surface area contributed by atoms with E-state index >= 15 is 0 Å². The molecule has 1 fully saturated rings. The average molecular weight is 511 g/mol. The number of benzene rings is 3. The smallest absolute Gasteiger partial charge is 0.252 e. The van der Waals surface area contributed by atoms with Crippen molar-refractivity contribution >= 4 is 49.5 Å². The van der Waals surface area contributed by atoms with E-state index in [1.165, 1.54) is 0 Å². The first kappa shape index (κ1) is 22.5.